The van der Waals surface area contributed by atoms with Crippen LogP contribution in [-0.4, -0.2) is 10.8 Å². The summed E-state index contributed by atoms with van der Waals surface area (Å²) < 4.78 is 13.2. The van der Waals surface area contributed by atoms with Crippen LogP contribution in [0.2, 0.25) is 5.02 Å². The topological polar surface area (TPSA) is 30.0 Å². The first-order chi connectivity index (χ1) is 8.08. The van der Waals surface area contributed by atoms with Crippen molar-refractivity contribution in [2.45, 2.75) is 13.3 Å². The van der Waals surface area contributed by atoms with Crippen LogP contribution >= 0.6 is 22.9 Å². The Labute approximate surface area is 107 Å². The lowest BCUT2D eigenvalue weighted by Gasteiger charge is -2.02. The largest absolute Gasteiger partial charge is 0.292 e. The first kappa shape index (κ1) is 12.2. The average Bonchev–Trinajstić information content (AvgIpc) is 2.72. The van der Waals surface area contributed by atoms with Crippen molar-refractivity contribution in [1.82, 2.24) is 4.98 Å². The molecule has 0 N–H and O–H groups in total. The van der Waals surface area contributed by atoms with Gasteiger partial charge in [-0.1, -0.05) is 23.7 Å². The Hall–Kier alpha value is -1.26. The molecule has 17 heavy (non-hydrogen) atoms. The number of hydrogen-bond acceptors (Lipinski definition) is 3. The molecule has 1 aromatic carbocycles. The van der Waals surface area contributed by atoms with Crippen molar-refractivity contribution < 1.29 is 9.18 Å². The van der Waals surface area contributed by atoms with E-state index in [1.807, 2.05) is 6.92 Å². The summed E-state index contributed by atoms with van der Waals surface area (Å²) in [5.41, 5.74) is 0.898. The zero-order valence-electron chi connectivity index (χ0n) is 9.04. The van der Waals surface area contributed by atoms with Crippen molar-refractivity contribution in [3.05, 3.63) is 50.7 Å². The Morgan fingerprint density at radius 3 is 2.94 bits per heavy atom. The number of Topliss-reactive ketones (excluding diaryl/α,β-unsaturated/α-hetero) is 1. The maximum atomic E-state index is 13.2. The number of aromatic nitrogens is 1. The van der Waals surface area contributed by atoms with Gasteiger partial charge in [0.2, 0.25) is 0 Å². The van der Waals surface area contributed by atoms with Gasteiger partial charge in [0.05, 0.1) is 10.0 Å². The highest BCUT2D eigenvalue weighted by molar-refractivity contribution is 7.09. The number of hydrogen-bond donors (Lipinski definition) is 0. The Morgan fingerprint density at radius 2 is 2.29 bits per heavy atom. The van der Waals surface area contributed by atoms with Crippen LogP contribution in [0.5, 0.6) is 0 Å². The number of nitrogens with zero attached hydrogens (tertiary/aromatic N) is 1. The van der Waals surface area contributed by atoms with Gasteiger partial charge < -0.3 is 0 Å². The molecule has 0 radical (unpaired) electrons. The summed E-state index contributed by atoms with van der Waals surface area (Å²) in [6.45, 7) is 1.83. The van der Waals surface area contributed by atoms with Crippen LogP contribution in [-0.2, 0) is 6.42 Å². The van der Waals surface area contributed by atoms with Crippen LogP contribution in [0.15, 0.2) is 23.6 Å². The molecule has 0 spiro atoms. The van der Waals surface area contributed by atoms with E-state index in [0.717, 1.165) is 5.01 Å². The lowest BCUT2D eigenvalue weighted by atomic mass is 10.1. The van der Waals surface area contributed by atoms with Crippen molar-refractivity contribution in [3.8, 4) is 0 Å². The second kappa shape index (κ2) is 4.94. The molecule has 0 saturated heterocycles. The number of ketones is 1. The van der Waals surface area contributed by atoms with Gasteiger partial charge >= 0.3 is 0 Å². The van der Waals surface area contributed by atoms with E-state index >= 15 is 0 Å². The van der Waals surface area contributed by atoms with Crippen LogP contribution in [0, 0.1) is 12.7 Å². The minimum atomic E-state index is -0.508. The minimum absolute atomic E-state index is 0.00722. The maximum Gasteiger partial charge on any atom is 0.186 e. The van der Waals surface area contributed by atoms with Gasteiger partial charge in [0.25, 0.3) is 0 Å². The van der Waals surface area contributed by atoms with Crippen molar-refractivity contribution in [1.29, 1.82) is 0 Å². The SMILES string of the molecule is Cc1nc(C(=O)Cc2cccc(F)c2Cl)cs1. The van der Waals surface area contributed by atoms with E-state index in [2.05, 4.69) is 4.98 Å². The van der Waals surface area contributed by atoms with Crippen LogP contribution in [0.4, 0.5) is 4.39 Å². The summed E-state index contributed by atoms with van der Waals surface area (Å²) in [4.78, 5) is 15.9. The molecule has 2 nitrogen and oxygen atoms in total. The second-order valence-electron chi connectivity index (χ2n) is 3.56. The molecule has 0 fully saturated rings. The highest BCUT2D eigenvalue weighted by Crippen LogP contribution is 2.21. The first-order valence-electron chi connectivity index (χ1n) is 4.96. The summed E-state index contributed by atoms with van der Waals surface area (Å²) in [6.07, 6.45) is 0.0692. The molecular weight excluding hydrogens is 261 g/mol. The summed E-state index contributed by atoms with van der Waals surface area (Å²) in [7, 11) is 0. The number of thiazole rings is 1. The third-order valence-corrected chi connectivity index (χ3v) is 3.48. The number of carbonyl (C=O) groups excluding carboxylic acids is 1. The lowest BCUT2D eigenvalue weighted by Crippen LogP contribution is -2.05. The Bertz CT molecular complexity index is 567. The smallest absolute Gasteiger partial charge is 0.186 e. The molecule has 2 rings (SSSR count). The maximum absolute atomic E-state index is 13.2. The first-order valence-corrected chi connectivity index (χ1v) is 6.22. The molecule has 0 bridgehead atoms. The molecular formula is C12H9ClFNOS. The van der Waals surface area contributed by atoms with Crippen LogP contribution < -0.4 is 0 Å². The Balaban J connectivity index is 2.21. The van der Waals surface area contributed by atoms with Crippen LogP contribution in [0.3, 0.4) is 0 Å². The fourth-order valence-electron chi connectivity index (χ4n) is 1.44. The molecule has 88 valence electrons. The summed E-state index contributed by atoms with van der Waals surface area (Å²) in [5.74, 6) is -0.659. The predicted octanol–water partition coefficient (Wildman–Crippen LogP) is 3.67. The van der Waals surface area contributed by atoms with Crippen molar-refractivity contribution >= 4 is 28.7 Å². The predicted molar refractivity (Wildman–Crippen MR) is 66.3 cm³/mol. The monoisotopic (exact) mass is 269 g/mol. The summed E-state index contributed by atoms with van der Waals surface area (Å²) in [5, 5.41) is 2.54. The van der Waals surface area contributed by atoms with Crippen molar-refractivity contribution in [3.63, 3.8) is 0 Å². The molecule has 0 unspecified atom stereocenters. The fourth-order valence-corrected chi connectivity index (χ4v) is 2.25. The Kier molecular flexibility index (Phi) is 3.54. The molecule has 0 saturated carbocycles. The van der Waals surface area contributed by atoms with Gasteiger partial charge in [-0.05, 0) is 18.6 Å². The second-order valence-corrected chi connectivity index (χ2v) is 5.00. The van der Waals surface area contributed by atoms with E-state index in [0.29, 0.717) is 11.3 Å². The zero-order chi connectivity index (χ0) is 12.4. The molecule has 2 aromatic rings. The van der Waals surface area contributed by atoms with E-state index in [9.17, 15) is 9.18 Å². The third kappa shape index (κ3) is 2.70. The third-order valence-electron chi connectivity index (χ3n) is 2.29. The molecule has 0 aliphatic rings. The van der Waals surface area contributed by atoms with Crippen molar-refractivity contribution in [2.75, 3.05) is 0 Å². The molecule has 0 amide bonds. The number of benzene rings is 1. The van der Waals surface area contributed by atoms with Gasteiger partial charge in [0.15, 0.2) is 5.78 Å². The Morgan fingerprint density at radius 1 is 1.53 bits per heavy atom. The van der Waals surface area contributed by atoms with Gasteiger partial charge in [-0.2, -0.15) is 0 Å². The van der Waals surface area contributed by atoms with Crippen LogP contribution in [0.1, 0.15) is 21.1 Å². The number of rotatable bonds is 3. The zero-order valence-corrected chi connectivity index (χ0v) is 10.6. The molecule has 0 aliphatic heterocycles. The quantitative estimate of drug-likeness (QED) is 0.796. The highest BCUT2D eigenvalue weighted by atomic mass is 35.5. The highest BCUT2D eigenvalue weighted by Gasteiger charge is 2.13. The molecule has 5 heteroatoms. The van der Waals surface area contributed by atoms with E-state index in [1.165, 1.54) is 23.5 Å². The van der Waals surface area contributed by atoms with Gasteiger partial charge in [-0.3, -0.25) is 4.79 Å². The van der Waals surface area contributed by atoms with E-state index in [-0.39, 0.29) is 17.2 Å². The standard InChI is InChI=1S/C12H9ClFNOS/c1-7-15-10(6-17-7)11(16)5-8-3-2-4-9(14)12(8)13/h2-4,6H,5H2,1H3. The molecule has 1 aromatic heterocycles. The summed E-state index contributed by atoms with van der Waals surface area (Å²) >= 11 is 7.20. The lowest BCUT2D eigenvalue weighted by molar-refractivity contribution is 0.0988. The molecule has 1 heterocycles. The summed E-state index contributed by atoms with van der Waals surface area (Å²) in [6, 6.07) is 4.45. The van der Waals surface area contributed by atoms with Gasteiger partial charge in [0.1, 0.15) is 11.5 Å². The minimum Gasteiger partial charge on any atom is -0.292 e. The number of carbonyl (C=O) groups is 1. The number of halogens is 2. The number of aryl methyl sites for hydroxylation is 1. The van der Waals surface area contributed by atoms with Gasteiger partial charge in [-0.25, -0.2) is 9.37 Å². The molecule has 0 atom stereocenters. The van der Waals surface area contributed by atoms with Crippen molar-refractivity contribution in [2.24, 2.45) is 0 Å². The molecule has 0 aliphatic carbocycles. The van der Waals surface area contributed by atoms with Crippen LogP contribution in [0.25, 0.3) is 0 Å². The normalized spacial score (nSPS) is 10.5. The van der Waals surface area contributed by atoms with E-state index in [1.54, 1.807) is 11.4 Å². The van der Waals surface area contributed by atoms with E-state index < -0.39 is 5.82 Å². The fraction of sp³-hybridized carbons (Fsp3) is 0.167. The van der Waals surface area contributed by atoms with Gasteiger partial charge in [-0.15, -0.1) is 11.3 Å². The van der Waals surface area contributed by atoms with Gasteiger partial charge in [0, 0.05) is 11.8 Å². The average molecular weight is 270 g/mol. The van der Waals surface area contributed by atoms with E-state index in [4.69, 9.17) is 11.6 Å².